The molecular weight excluding hydrogens is 187 g/mol. The van der Waals surface area contributed by atoms with E-state index in [9.17, 15) is 4.79 Å². The summed E-state index contributed by atoms with van der Waals surface area (Å²) in [6.07, 6.45) is 2.86. The highest BCUT2D eigenvalue weighted by Gasteiger charge is 2.56. The molecule has 0 N–H and O–H groups in total. The standard InChI is InChI=1S/C7H8Cl2O2/c8-7(9)4-2-1-3-5(4)11-6(7)10/h4-5H,1-3H2/t4-,5+/m0/s1. The summed E-state index contributed by atoms with van der Waals surface area (Å²) in [6.45, 7) is 0. The fourth-order valence-electron chi connectivity index (χ4n) is 1.85. The SMILES string of the molecule is O=C1O[C@@H]2CCC[C@@H]2C1(Cl)Cl. The van der Waals surface area contributed by atoms with Crippen LogP contribution in [0.5, 0.6) is 0 Å². The molecule has 2 nitrogen and oxygen atoms in total. The minimum Gasteiger partial charge on any atom is -0.460 e. The van der Waals surface area contributed by atoms with Gasteiger partial charge in [-0.25, -0.2) is 4.79 Å². The van der Waals surface area contributed by atoms with Gasteiger partial charge in [0.05, 0.1) is 0 Å². The first-order chi connectivity index (χ1) is 5.12. The quantitative estimate of drug-likeness (QED) is 0.435. The Kier molecular flexibility index (Phi) is 1.58. The Hall–Kier alpha value is 0.0500. The van der Waals surface area contributed by atoms with Crippen molar-refractivity contribution < 1.29 is 9.53 Å². The molecule has 1 saturated heterocycles. The Morgan fingerprint density at radius 2 is 2.18 bits per heavy atom. The number of halogens is 2. The number of esters is 1. The van der Waals surface area contributed by atoms with Gasteiger partial charge in [0.25, 0.3) is 0 Å². The number of carbonyl (C=O) groups excluding carboxylic acids is 1. The first-order valence-electron chi connectivity index (χ1n) is 3.71. The Morgan fingerprint density at radius 3 is 2.82 bits per heavy atom. The normalized spacial score (nSPS) is 40.4. The number of alkyl halides is 2. The van der Waals surface area contributed by atoms with Gasteiger partial charge in [-0.1, -0.05) is 23.2 Å². The lowest BCUT2D eigenvalue weighted by Gasteiger charge is -2.13. The molecule has 1 aliphatic carbocycles. The molecule has 0 spiro atoms. The van der Waals surface area contributed by atoms with Gasteiger partial charge in [0.1, 0.15) is 6.10 Å². The minimum absolute atomic E-state index is 0.0162. The summed E-state index contributed by atoms with van der Waals surface area (Å²) >= 11 is 11.6. The van der Waals surface area contributed by atoms with Crippen LogP contribution in [0.4, 0.5) is 0 Å². The molecule has 2 rings (SSSR count). The van der Waals surface area contributed by atoms with Crippen LogP contribution in [0, 0.1) is 5.92 Å². The predicted octanol–water partition coefficient (Wildman–Crippen LogP) is 1.89. The first-order valence-corrected chi connectivity index (χ1v) is 4.47. The molecule has 0 unspecified atom stereocenters. The molecule has 1 aliphatic heterocycles. The van der Waals surface area contributed by atoms with E-state index in [2.05, 4.69) is 0 Å². The molecule has 1 saturated carbocycles. The van der Waals surface area contributed by atoms with Crippen LogP contribution in [0.3, 0.4) is 0 Å². The van der Waals surface area contributed by atoms with Crippen molar-refractivity contribution in [2.24, 2.45) is 5.92 Å². The van der Waals surface area contributed by atoms with Gasteiger partial charge in [0.15, 0.2) is 0 Å². The molecule has 0 aromatic heterocycles. The molecule has 0 aromatic carbocycles. The maximum Gasteiger partial charge on any atom is 0.343 e. The summed E-state index contributed by atoms with van der Waals surface area (Å²) in [7, 11) is 0. The Morgan fingerprint density at radius 1 is 1.45 bits per heavy atom. The van der Waals surface area contributed by atoms with Crippen molar-refractivity contribution in [3.63, 3.8) is 0 Å². The third-order valence-electron chi connectivity index (χ3n) is 2.45. The zero-order valence-electron chi connectivity index (χ0n) is 5.85. The van der Waals surface area contributed by atoms with Crippen molar-refractivity contribution in [3.8, 4) is 0 Å². The van der Waals surface area contributed by atoms with Gasteiger partial charge < -0.3 is 4.74 Å². The summed E-state index contributed by atoms with van der Waals surface area (Å²) in [6, 6.07) is 0. The van der Waals surface area contributed by atoms with E-state index in [1.807, 2.05) is 0 Å². The van der Waals surface area contributed by atoms with Crippen LogP contribution in [0.2, 0.25) is 0 Å². The second-order valence-electron chi connectivity index (χ2n) is 3.10. The minimum atomic E-state index is -1.26. The van der Waals surface area contributed by atoms with Crippen LogP contribution in [0.25, 0.3) is 0 Å². The van der Waals surface area contributed by atoms with E-state index in [1.165, 1.54) is 0 Å². The lowest BCUT2D eigenvalue weighted by atomic mass is 10.0. The third-order valence-corrected chi connectivity index (χ3v) is 3.32. The molecule has 0 bridgehead atoms. The number of carbonyl (C=O) groups is 1. The second kappa shape index (κ2) is 2.27. The summed E-state index contributed by atoms with van der Waals surface area (Å²) in [5.41, 5.74) is 0. The molecule has 62 valence electrons. The molecule has 2 fully saturated rings. The lowest BCUT2D eigenvalue weighted by Crippen LogP contribution is -2.27. The van der Waals surface area contributed by atoms with Crippen LogP contribution < -0.4 is 0 Å². The van der Waals surface area contributed by atoms with Crippen LogP contribution in [-0.2, 0) is 9.53 Å². The highest BCUT2D eigenvalue weighted by molar-refractivity contribution is 6.58. The molecule has 0 aromatic rings. The predicted molar refractivity (Wildman–Crippen MR) is 41.7 cm³/mol. The summed E-state index contributed by atoms with van der Waals surface area (Å²) in [5, 5.41) is 0. The van der Waals surface area contributed by atoms with Gasteiger partial charge in [-0.05, 0) is 19.3 Å². The fourth-order valence-corrected chi connectivity index (χ4v) is 2.44. The lowest BCUT2D eigenvalue weighted by molar-refractivity contribution is -0.142. The third kappa shape index (κ3) is 0.960. The topological polar surface area (TPSA) is 26.3 Å². The smallest absolute Gasteiger partial charge is 0.343 e. The van der Waals surface area contributed by atoms with Gasteiger partial charge in [0.2, 0.25) is 4.33 Å². The van der Waals surface area contributed by atoms with E-state index < -0.39 is 10.3 Å². The second-order valence-corrected chi connectivity index (χ2v) is 4.49. The average Bonchev–Trinajstić information content (AvgIpc) is 2.41. The fraction of sp³-hybridized carbons (Fsp3) is 0.857. The van der Waals surface area contributed by atoms with Gasteiger partial charge in [-0.2, -0.15) is 0 Å². The van der Waals surface area contributed by atoms with E-state index in [0.29, 0.717) is 0 Å². The van der Waals surface area contributed by atoms with Gasteiger partial charge >= 0.3 is 5.97 Å². The van der Waals surface area contributed by atoms with Gasteiger partial charge in [0, 0.05) is 5.92 Å². The van der Waals surface area contributed by atoms with E-state index in [0.717, 1.165) is 19.3 Å². The van der Waals surface area contributed by atoms with E-state index in [4.69, 9.17) is 27.9 Å². The number of ether oxygens (including phenoxy) is 1. The Balaban J connectivity index is 2.27. The Bertz CT molecular complexity index is 203. The van der Waals surface area contributed by atoms with Crippen LogP contribution >= 0.6 is 23.2 Å². The number of hydrogen-bond acceptors (Lipinski definition) is 2. The molecule has 11 heavy (non-hydrogen) atoms. The molecule has 2 aliphatic rings. The van der Waals surface area contributed by atoms with Crippen molar-refractivity contribution in [3.05, 3.63) is 0 Å². The van der Waals surface area contributed by atoms with Gasteiger partial charge in [-0.15, -0.1) is 0 Å². The summed E-state index contributed by atoms with van der Waals surface area (Å²) in [5.74, 6) is -0.436. The van der Waals surface area contributed by atoms with Crippen molar-refractivity contribution in [2.45, 2.75) is 29.7 Å². The van der Waals surface area contributed by atoms with Crippen molar-refractivity contribution in [1.82, 2.24) is 0 Å². The largest absolute Gasteiger partial charge is 0.460 e. The van der Waals surface area contributed by atoms with Crippen LogP contribution in [0.1, 0.15) is 19.3 Å². The maximum absolute atomic E-state index is 11.0. The number of rotatable bonds is 0. The highest BCUT2D eigenvalue weighted by Crippen LogP contribution is 2.48. The van der Waals surface area contributed by atoms with E-state index in [-0.39, 0.29) is 12.0 Å². The molecular formula is C7H8Cl2O2. The molecule has 0 radical (unpaired) electrons. The van der Waals surface area contributed by atoms with E-state index >= 15 is 0 Å². The van der Waals surface area contributed by atoms with Crippen molar-refractivity contribution in [2.75, 3.05) is 0 Å². The van der Waals surface area contributed by atoms with Crippen LogP contribution in [-0.4, -0.2) is 16.4 Å². The van der Waals surface area contributed by atoms with Crippen molar-refractivity contribution in [1.29, 1.82) is 0 Å². The van der Waals surface area contributed by atoms with Crippen molar-refractivity contribution >= 4 is 29.2 Å². The zero-order valence-corrected chi connectivity index (χ0v) is 7.36. The number of hydrogen-bond donors (Lipinski definition) is 0. The summed E-state index contributed by atoms with van der Waals surface area (Å²) in [4.78, 5) is 11.0. The highest BCUT2D eigenvalue weighted by atomic mass is 35.5. The molecule has 4 heteroatoms. The Labute approximate surface area is 74.8 Å². The summed E-state index contributed by atoms with van der Waals surface area (Å²) < 4.78 is 3.73. The first kappa shape index (κ1) is 7.69. The number of fused-ring (bicyclic) bond motifs is 1. The maximum atomic E-state index is 11.0. The molecule has 2 atom stereocenters. The molecule has 0 amide bonds. The van der Waals surface area contributed by atoms with Gasteiger partial charge in [-0.3, -0.25) is 0 Å². The van der Waals surface area contributed by atoms with E-state index in [1.54, 1.807) is 0 Å². The zero-order chi connectivity index (χ0) is 8.06. The van der Waals surface area contributed by atoms with Crippen LogP contribution in [0.15, 0.2) is 0 Å². The molecule has 1 heterocycles. The monoisotopic (exact) mass is 194 g/mol. The average molecular weight is 195 g/mol.